The summed E-state index contributed by atoms with van der Waals surface area (Å²) in [5.74, 6) is -3.30. The molecule has 0 radical (unpaired) electrons. The summed E-state index contributed by atoms with van der Waals surface area (Å²) in [5.41, 5.74) is 0. The van der Waals surface area contributed by atoms with E-state index < -0.39 is 42.0 Å². The first-order valence-corrected chi connectivity index (χ1v) is 6.91. The Morgan fingerprint density at radius 2 is 2.16 bits per heavy atom. The van der Waals surface area contributed by atoms with Crippen LogP contribution in [0.5, 0.6) is 0 Å². The number of hydrogen-bond donors (Lipinski definition) is 2. The van der Waals surface area contributed by atoms with Crippen LogP contribution in [0, 0.1) is 23.7 Å². The molecule has 3 rings (SSSR count). The molecule has 1 saturated heterocycles. The van der Waals surface area contributed by atoms with E-state index in [1.165, 1.54) is 0 Å². The number of aliphatic carboxylic acids is 1. The molecule has 19 heavy (non-hydrogen) atoms. The van der Waals surface area contributed by atoms with Gasteiger partial charge in [-0.1, -0.05) is 0 Å². The summed E-state index contributed by atoms with van der Waals surface area (Å²) >= 11 is 3.95. The second kappa shape index (κ2) is 4.40. The van der Waals surface area contributed by atoms with E-state index in [4.69, 9.17) is 9.47 Å². The molecule has 3 aliphatic rings. The molecule has 0 aromatic carbocycles. The van der Waals surface area contributed by atoms with E-state index in [0.717, 1.165) is 0 Å². The van der Waals surface area contributed by atoms with Crippen molar-refractivity contribution in [2.24, 2.45) is 23.7 Å². The summed E-state index contributed by atoms with van der Waals surface area (Å²) in [6.07, 6.45) is -0.321. The quantitative estimate of drug-likeness (QED) is 0.563. The highest BCUT2D eigenvalue weighted by Gasteiger charge is 2.69. The van der Waals surface area contributed by atoms with Crippen LogP contribution in [0.4, 0.5) is 0 Å². The van der Waals surface area contributed by atoms with Crippen molar-refractivity contribution < 1.29 is 29.0 Å². The summed E-state index contributed by atoms with van der Waals surface area (Å²) in [6, 6.07) is 0. The van der Waals surface area contributed by atoms with Crippen LogP contribution in [0.2, 0.25) is 0 Å². The molecule has 6 atom stereocenters. The normalized spacial score (nSPS) is 42.3. The van der Waals surface area contributed by atoms with E-state index in [0.29, 0.717) is 12.2 Å². The van der Waals surface area contributed by atoms with Gasteiger partial charge in [0.05, 0.1) is 18.3 Å². The topological polar surface area (TPSA) is 89.9 Å². The van der Waals surface area contributed by atoms with Crippen molar-refractivity contribution in [1.82, 2.24) is 0 Å². The Balaban J connectivity index is 1.82. The number of thiol groups is 1. The third kappa shape index (κ3) is 1.74. The van der Waals surface area contributed by atoms with Gasteiger partial charge in [0.1, 0.15) is 12.2 Å². The Morgan fingerprint density at radius 1 is 1.42 bits per heavy atom. The van der Waals surface area contributed by atoms with Crippen molar-refractivity contribution in [3.8, 4) is 0 Å². The second-order valence-electron chi connectivity index (χ2n) is 5.28. The molecule has 2 bridgehead atoms. The predicted molar refractivity (Wildman–Crippen MR) is 64.4 cm³/mol. The fourth-order valence-electron chi connectivity index (χ4n) is 3.79. The van der Waals surface area contributed by atoms with E-state index in [-0.39, 0.29) is 18.3 Å². The summed E-state index contributed by atoms with van der Waals surface area (Å²) < 4.78 is 10.5. The highest BCUT2D eigenvalue weighted by Crippen LogP contribution is 2.58. The van der Waals surface area contributed by atoms with Crippen LogP contribution in [0.1, 0.15) is 12.8 Å². The summed E-state index contributed by atoms with van der Waals surface area (Å²) in [7, 11) is 0. The average Bonchev–Trinajstić information content (AvgIpc) is 2.92. The highest BCUT2D eigenvalue weighted by molar-refractivity contribution is 7.80. The molecule has 104 valence electrons. The fraction of sp³-hybridized carbons (Fsp3) is 0.750. The van der Waals surface area contributed by atoms with Gasteiger partial charge < -0.3 is 14.6 Å². The molecule has 0 amide bonds. The lowest BCUT2D eigenvalue weighted by Crippen LogP contribution is -2.43. The fourth-order valence-corrected chi connectivity index (χ4v) is 3.97. The molecule has 1 aliphatic heterocycles. The second-order valence-corrected chi connectivity index (χ2v) is 5.73. The van der Waals surface area contributed by atoms with Crippen LogP contribution in [0.3, 0.4) is 0 Å². The SMILES string of the molecule is O=C(CCS)OC1C2CC3C1OC(=O)C3C2C(=O)O. The van der Waals surface area contributed by atoms with Gasteiger partial charge in [0.25, 0.3) is 0 Å². The summed E-state index contributed by atoms with van der Waals surface area (Å²) in [5, 5.41) is 9.27. The zero-order valence-corrected chi connectivity index (χ0v) is 10.9. The molecule has 3 fully saturated rings. The zero-order chi connectivity index (χ0) is 13.7. The Morgan fingerprint density at radius 3 is 2.79 bits per heavy atom. The van der Waals surface area contributed by atoms with Crippen molar-refractivity contribution >= 4 is 30.5 Å². The van der Waals surface area contributed by atoms with E-state index in [1.54, 1.807) is 0 Å². The first-order valence-electron chi connectivity index (χ1n) is 6.28. The van der Waals surface area contributed by atoms with Gasteiger partial charge in [0, 0.05) is 17.6 Å². The van der Waals surface area contributed by atoms with E-state index in [1.807, 2.05) is 0 Å². The lowest BCUT2D eigenvalue weighted by Gasteiger charge is -2.29. The first kappa shape index (κ1) is 12.8. The van der Waals surface area contributed by atoms with E-state index in [9.17, 15) is 19.5 Å². The van der Waals surface area contributed by atoms with Crippen molar-refractivity contribution in [2.45, 2.75) is 25.0 Å². The Hall–Kier alpha value is -1.24. The van der Waals surface area contributed by atoms with Crippen LogP contribution >= 0.6 is 12.6 Å². The third-order valence-electron chi connectivity index (χ3n) is 4.41. The van der Waals surface area contributed by atoms with Gasteiger partial charge in [-0.15, -0.1) is 0 Å². The Kier molecular flexibility index (Phi) is 2.96. The van der Waals surface area contributed by atoms with Crippen molar-refractivity contribution in [3.63, 3.8) is 0 Å². The molecule has 7 heteroatoms. The molecule has 6 unspecified atom stereocenters. The van der Waals surface area contributed by atoms with Gasteiger partial charge in [-0.3, -0.25) is 14.4 Å². The predicted octanol–water partition coefficient (Wildman–Crippen LogP) is 0.110. The molecule has 0 aromatic heterocycles. The number of carbonyl (C=O) groups is 3. The number of carboxylic acids is 1. The maximum absolute atomic E-state index is 11.7. The molecule has 2 aliphatic carbocycles. The molecule has 0 spiro atoms. The van der Waals surface area contributed by atoms with Gasteiger partial charge in [0.2, 0.25) is 0 Å². The number of carbonyl (C=O) groups excluding carboxylic acids is 2. The number of carboxylic acid groups (broad SMARTS) is 1. The van der Waals surface area contributed by atoms with Gasteiger partial charge in [-0.25, -0.2) is 0 Å². The minimum atomic E-state index is -1.01. The first-order chi connectivity index (χ1) is 9.04. The number of rotatable bonds is 4. The van der Waals surface area contributed by atoms with Crippen molar-refractivity contribution in [3.05, 3.63) is 0 Å². The minimum absolute atomic E-state index is 0.118. The van der Waals surface area contributed by atoms with Crippen LogP contribution in [0.25, 0.3) is 0 Å². The van der Waals surface area contributed by atoms with Gasteiger partial charge in [-0.05, 0) is 6.42 Å². The largest absolute Gasteiger partial charge is 0.481 e. The smallest absolute Gasteiger partial charge is 0.310 e. The van der Waals surface area contributed by atoms with Crippen LogP contribution in [-0.4, -0.2) is 41.0 Å². The van der Waals surface area contributed by atoms with Crippen LogP contribution in [0.15, 0.2) is 0 Å². The lowest BCUT2D eigenvalue weighted by molar-refractivity contribution is -0.163. The molecule has 1 heterocycles. The van der Waals surface area contributed by atoms with Gasteiger partial charge in [-0.2, -0.15) is 12.6 Å². The third-order valence-corrected chi connectivity index (χ3v) is 4.64. The maximum Gasteiger partial charge on any atom is 0.310 e. The van der Waals surface area contributed by atoms with Gasteiger partial charge >= 0.3 is 17.9 Å². The van der Waals surface area contributed by atoms with E-state index in [2.05, 4.69) is 12.6 Å². The Bertz CT molecular complexity index is 450. The summed E-state index contributed by atoms with van der Waals surface area (Å²) in [4.78, 5) is 34.6. The number of esters is 2. The minimum Gasteiger partial charge on any atom is -0.481 e. The van der Waals surface area contributed by atoms with Crippen LogP contribution in [-0.2, 0) is 23.9 Å². The molecule has 6 nitrogen and oxygen atoms in total. The number of fused-ring (bicyclic) bond motifs is 1. The summed E-state index contributed by atoms with van der Waals surface area (Å²) in [6.45, 7) is 0. The van der Waals surface area contributed by atoms with Crippen molar-refractivity contribution in [1.29, 1.82) is 0 Å². The molecule has 2 saturated carbocycles. The van der Waals surface area contributed by atoms with Crippen molar-refractivity contribution in [2.75, 3.05) is 5.75 Å². The lowest BCUT2D eigenvalue weighted by atomic mass is 9.78. The van der Waals surface area contributed by atoms with Crippen LogP contribution < -0.4 is 0 Å². The average molecular weight is 286 g/mol. The van der Waals surface area contributed by atoms with E-state index >= 15 is 0 Å². The zero-order valence-electron chi connectivity index (χ0n) is 10.0. The molecule has 1 N–H and O–H groups in total. The highest BCUT2D eigenvalue weighted by atomic mass is 32.1. The standard InChI is InChI=1S/C12H14O6S/c13-6(1-2-19)17-9-4-3-5-8(7(4)11(14)15)12(16)18-10(5)9/h4-5,7-10,19H,1-3H2,(H,14,15). The monoisotopic (exact) mass is 286 g/mol. The number of ether oxygens (including phenoxy) is 2. The number of hydrogen-bond acceptors (Lipinski definition) is 6. The van der Waals surface area contributed by atoms with Gasteiger partial charge in [0.15, 0.2) is 0 Å². The molecule has 0 aromatic rings. The molecular formula is C12H14O6S. The molecular weight excluding hydrogens is 272 g/mol. The Labute approximate surface area is 114 Å². The maximum atomic E-state index is 11.7.